The van der Waals surface area contributed by atoms with Crippen molar-refractivity contribution in [1.29, 1.82) is 0 Å². The van der Waals surface area contributed by atoms with Gasteiger partial charge in [0.25, 0.3) is 5.91 Å². The van der Waals surface area contributed by atoms with Crippen molar-refractivity contribution >= 4 is 5.91 Å². The SMILES string of the molecule is O=C(c1ccc(Cn2cccn2)o1)N1CCn2nc([C@H](O)CO)cc2C1. The Morgan fingerprint density at radius 1 is 1.35 bits per heavy atom. The average molecular weight is 357 g/mol. The second-order valence-electron chi connectivity index (χ2n) is 6.18. The smallest absolute Gasteiger partial charge is 0.289 e. The maximum atomic E-state index is 12.7. The van der Waals surface area contributed by atoms with Crippen LogP contribution >= 0.6 is 0 Å². The molecule has 9 heteroatoms. The molecule has 0 unspecified atom stereocenters. The minimum Gasteiger partial charge on any atom is -0.454 e. The highest BCUT2D eigenvalue weighted by atomic mass is 16.4. The number of nitrogens with zero attached hydrogens (tertiary/aromatic N) is 5. The van der Waals surface area contributed by atoms with E-state index >= 15 is 0 Å². The van der Waals surface area contributed by atoms with Crippen molar-refractivity contribution in [2.75, 3.05) is 13.2 Å². The third kappa shape index (κ3) is 3.14. The third-order valence-electron chi connectivity index (χ3n) is 4.37. The molecule has 9 nitrogen and oxygen atoms in total. The van der Waals surface area contributed by atoms with Crippen molar-refractivity contribution in [1.82, 2.24) is 24.5 Å². The number of aliphatic hydroxyl groups is 2. The van der Waals surface area contributed by atoms with Gasteiger partial charge in [0.15, 0.2) is 5.76 Å². The van der Waals surface area contributed by atoms with Gasteiger partial charge in [-0.15, -0.1) is 0 Å². The molecule has 0 saturated carbocycles. The molecule has 0 saturated heterocycles. The fourth-order valence-electron chi connectivity index (χ4n) is 3.01. The molecule has 0 bridgehead atoms. The Morgan fingerprint density at radius 3 is 3.00 bits per heavy atom. The van der Waals surface area contributed by atoms with E-state index in [0.29, 0.717) is 37.6 Å². The van der Waals surface area contributed by atoms with Gasteiger partial charge in [-0.3, -0.25) is 14.2 Å². The number of amides is 1. The van der Waals surface area contributed by atoms with Crippen LogP contribution in [0.25, 0.3) is 0 Å². The highest BCUT2D eigenvalue weighted by Gasteiger charge is 2.26. The van der Waals surface area contributed by atoms with Gasteiger partial charge < -0.3 is 19.5 Å². The van der Waals surface area contributed by atoms with E-state index in [0.717, 1.165) is 5.69 Å². The molecule has 136 valence electrons. The first-order chi connectivity index (χ1) is 12.6. The average Bonchev–Trinajstić information content (AvgIpc) is 3.40. The summed E-state index contributed by atoms with van der Waals surface area (Å²) in [5, 5.41) is 27.1. The van der Waals surface area contributed by atoms with Crippen molar-refractivity contribution in [3.8, 4) is 0 Å². The van der Waals surface area contributed by atoms with Crippen LogP contribution < -0.4 is 0 Å². The number of rotatable bonds is 5. The summed E-state index contributed by atoms with van der Waals surface area (Å²) in [6.07, 6.45) is 2.51. The van der Waals surface area contributed by atoms with Crippen molar-refractivity contribution in [2.45, 2.75) is 25.7 Å². The van der Waals surface area contributed by atoms with E-state index in [2.05, 4.69) is 10.2 Å². The Bertz CT molecular complexity index is 898. The fourth-order valence-corrected chi connectivity index (χ4v) is 3.01. The molecule has 1 amide bonds. The predicted octanol–water partition coefficient (Wildman–Crippen LogP) is 0.403. The van der Waals surface area contributed by atoms with E-state index in [4.69, 9.17) is 9.52 Å². The maximum absolute atomic E-state index is 12.7. The molecule has 0 aromatic carbocycles. The van der Waals surface area contributed by atoms with Crippen LogP contribution in [0, 0.1) is 0 Å². The molecule has 1 atom stereocenters. The number of carbonyl (C=O) groups excluding carboxylic acids is 1. The Hall–Kier alpha value is -2.91. The molecule has 2 N–H and O–H groups in total. The first-order valence-corrected chi connectivity index (χ1v) is 8.35. The lowest BCUT2D eigenvalue weighted by Gasteiger charge is -2.26. The molecule has 3 aromatic rings. The molecular formula is C17H19N5O4. The molecule has 1 aliphatic heterocycles. The van der Waals surface area contributed by atoms with Gasteiger partial charge in [-0.1, -0.05) is 0 Å². The quantitative estimate of drug-likeness (QED) is 0.684. The molecule has 0 fully saturated rings. The normalized spacial score (nSPS) is 15.1. The lowest BCUT2D eigenvalue weighted by molar-refractivity contribution is 0.0670. The van der Waals surface area contributed by atoms with Crippen molar-refractivity contribution in [3.05, 3.63) is 59.6 Å². The van der Waals surface area contributed by atoms with Crippen LogP contribution in [0.3, 0.4) is 0 Å². The zero-order valence-electron chi connectivity index (χ0n) is 14.0. The third-order valence-corrected chi connectivity index (χ3v) is 4.37. The second kappa shape index (κ2) is 6.77. The first kappa shape index (κ1) is 16.6. The van der Waals surface area contributed by atoms with Gasteiger partial charge in [0.05, 0.1) is 37.6 Å². The molecule has 0 radical (unpaired) electrons. The van der Waals surface area contributed by atoms with Crippen LogP contribution in [0.4, 0.5) is 0 Å². The van der Waals surface area contributed by atoms with Crippen LogP contribution in [0.15, 0.2) is 41.1 Å². The lowest BCUT2D eigenvalue weighted by atomic mass is 10.2. The van der Waals surface area contributed by atoms with Gasteiger partial charge in [0.1, 0.15) is 11.9 Å². The molecular weight excluding hydrogens is 338 g/mol. The minimum atomic E-state index is -1.01. The molecule has 3 aromatic heterocycles. The Kier molecular flexibility index (Phi) is 4.31. The predicted molar refractivity (Wildman–Crippen MR) is 89.1 cm³/mol. The molecule has 4 heterocycles. The number of aliphatic hydroxyl groups excluding tert-OH is 2. The summed E-state index contributed by atoms with van der Waals surface area (Å²) < 4.78 is 9.15. The monoisotopic (exact) mass is 357 g/mol. The van der Waals surface area contributed by atoms with E-state index in [1.165, 1.54) is 0 Å². The van der Waals surface area contributed by atoms with Crippen molar-refractivity contribution < 1.29 is 19.4 Å². The standard InChI is InChI=1S/C17H19N5O4/c23-11-15(24)14-8-12-9-20(6-7-22(12)19-14)17(25)16-3-2-13(26-16)10-21-5-1-4-18-21/h1-5,8,15,23-24H,6-7,9-11H2/t15-/m1/s1. The number of fused-ring (bicyclic) bond motifs is 1. The van der Waals surface area contributed by atoms with Crippen LogP contribution in [0.2, 0.25) is 0 Å². The number of hydrogen-bond donors (Lipinski definition) is 2. The van der Waals surface area contributed by atoms with Gasteiger partial charge in [0, 0.05) is 18.9 Å². The summed E-state index contributed by atoms with van der Waals surface area (Å²) in [6, 6.07) is 6.99. The highest BCUT2D eigenvalue weighted by molar-refractivity contribution is 5.91. The van der Waals surface area contributed by atoms with Crippen molar-refractivity contribution in [2.24, 2.45) is 0 Å². The van der Waals surface area contributed by atoms with Crippen LogP contribution in [-0.4, -0.2) is 53.7 Å². The zero-order valence-corrected chi connectivity index (χ0v) is 14.0. The highest BCUT2D eigenvalue weighted by Crippen LogP contribution is 2.20. The van der Waals surface area contributed by atoms with Crippen LogP contribution in [0.5, 0.6) is 0 Å². The van der Waals surface area contributed by atoms with Crippen LogP contribution in [-0.2, 0) is 19.6 Å². The first-order valence-electron chi connectivity index (χ1n) is 8.35. The van der Waals surface area contributed by atoms with E-state index in [1.807, 2.05) is 12.3 Å². The van der Waals surface area contributed by atoms with E-state index in [1.54, 1.807) is 38.7 Å². The maximum Gasteiger partial charge on any atom is 0.289 e. The molecule has 1 aliphatic rings. The largest absolute Gasteiger partial charge is 0.454 e. The molecule has 4 rings (SSSR count). The second-order valence-corrected chi connectivity index (χ2v) is 6.18. The fraction of sp³-hybridized carbons (Fsp3) is 0.353. The van der Waals surface area contributed by atoms with Gasteiger partial charge in [0.2, 0.25) is 0 Å². The van der Waals surface area contributed by atoms with Gasteiger partial charge in [-0.05, 0) is 24.3 Å². The Balaban J connectivity index is 1.46. The van der Waals surface area contributed by atoms with Gasteiger partial charge in [-0.2, -0.15) is 10.2 Å². The summed E-state index contributed by atoms with van der Waals surface area (Å²) in [5.41, 5.74) is 1.23. The van der Waals surface area contributed by atoms with E-state index in [-0.39, 0.29) is 18.3 Å². The summed E-state index contributed by atoms with van der Waals surface area (Å²) in [5.74, 6) is 0.761. The Morgan fingerprint density at radius 2 is 2.23 bits per heavy atom. The summed E-state index contributed by atoms with van der Waals surface area (Å²) in [4.78, 5) is 14.4. The zero-order chi connectivity index (χ0) is 18.1. The number of hydrogen-bond acceptors (Lipinski definition) is 6. The molecule has 0 spiro atoms. The van der Waals surface area contributed by atoms with E-state index < -0.39 is 6.10 Å². The lowest BCUT2D eigenvalue weighted by Crippen LogP contribution is -2.38. The minimum absolute atomic E-state index is 0.187. The summed E-state index contributed by atoms with van der Waals surface area (Å²) in [6.45, 7) is 1.48. The number of carbonyl (C=O) groups is 1. The van der Waals surface area contributed by atoms with Crippen LogP contribution in [0.1, 0.15) is 33.8 Å². The summed E-state index contributed by atoms with van der Waals surface area (Å²) >= 11 is 0. The number of aromatic nitrogens is 4. The van der Waals surface area contributed by atoms with E-state index in [9.17, 15) is 9.90 Å². The van der Waals surface area contributed by atoms with Gasteiger partial charge in [-0.25, -0.2) is 0 Å². The van der Waals surface area contributed by atoms with Crippen molar-refractivity contribution in [3.63, 3.8) is 0 Å². The summed E-state index contributed by atoms with van der Waals surface area (Å²) in [7, 11) is 0. The number of furan rings is 1. The molecule has 26 heavy (non-hydrogen) atoms. The van der Waals surface area contributed by atoms with Gasteiger partial charge >= 0.3 is 0 Å². The topological polar surface area (TPSA) is 110 Å². The molecule has 0 aliphatic carbocycles. The Labute approximate surface area is 149 Å².